The molecule has 0 spiro atoms. The van der Waals surface area contributed by atoms with Crippen molar-refractivity contribution in [2.24, 2.45) is 11.8 Å². The van der Waals surface area contributed by atoms with Gasteiger partial charge in [0, 0.05) is 18.2 Å². The number of carbonyl (C=O) groups excluding carboxylic acids is 3. The summed E-state index contributed by atoms with van der Waals surface area (Å²) in [5.74, 6) is -4.56. The number of nitrogens with one attached hydrogen (secondary N) is 3. The number of hydrogen-bond acceptors (Lipinski definition) is 5. The summed E-state index contributed by atoms with van der Waals surface area (Å²) in [5, 5.41) is 12.0. The van der Waals surface area contributed by atoms with Gasteiger partial charge < -0.3 is 15.2 Å². The van der Waals surface area contributed by atoms with E-state index < -0.39 is 41.3 Å². The maximum atomic E-state index is 12.5. The van der Waals surface area contributed by atoms with Crippen molar-refractivity contribution in [1.29, 1.82) is 0 Å². The molecule has 0 aliphatic carbocycles. The highest BCUT2D eigenvalue weighted by Crippen LogP contribution is 2.46. The minimum atomic E-state index is -1.13. The molecule has 3 amide bonds. The average Bonchev–Trinajstić information content (AvgIpc) is 3.13. The lowest BCUT2D eigenvalue weighted by atomic mass is 9.76. The summed E-state index contributed by atoms with van der Waals surface area (Å²) in [6.45, 7) is 3.01. The molecule has 9 heteroatoms. The fourth-order valence-corrected chi connectivity index (χ4v) is 3.46. The van der Waals surface area contributed by atoms with Crippen LogP contribution in [0.1, 0.15) is 24.2 Å². The summed E-state index contributed by atoms with van der Waals surface area (Å²) in [4.78, 5) is 47.2. The zero-order chi connectivity index (χ0) is 19.8. The second-order valence-electron chi connectivity index (χ2n) is 6.67. The molecule has 2 bridgehead atoms. The van der Waals surface area contributed by atoms with Gasteiger partial charge in [0.15, 0.2) is 0 Å². The number of aliphatic carboxylic acids is 1. The normalized spacial score (nSPS) is 27.9. The summed E-state index contributed by atoms with van der Waals surface area (Å²) in [7, 11) is 0. The van der Waals surface area contributed by atoms with Crippen LogP contribution in [-0.4, -0.2) is 40.5 Å². The van der Waals surface area contributed by atoms with Crippen LogP contribution < -0.4 is 16.2 Å². The molecule has 0 radical (unpaired) electrons. The number of carboxylic acid groups (broad SMARTS) is 1. The van der Waals surface area contributed by atoms with Gasteiger partial charge in [0.25, 0.3) is 5.91 Å². The number of ether oxygens (including phenoxy) is 1. The largest absolute Gasteiger partial charge is 0.481 e. The highest BCUT2D eigenvalue weighted by Gasteiger charge is 2.59. The van der Waals surface area contributed by atoms with Gasteiger partial charge in [-0.3, -0.25) is 30.0 Å². The topological polar surface area (TPSA) is 134 Å². The van der Waals surface area contributed by atoms with Crippen LogP contribution in [0.4, 0.5) is 5.69 Å². The van der Waals surface area contributed by atoms with Gasteiger partial charge in [-0.15, -0.1) is 0 Å². The van der Waals surface area contributed by atoms with E-state index in [4.69, 9.17) is 4.74 Å². The predicted molar refractivity (Wildman–Crippen MR) is 93.4 cm³/mol. The van der Waals surface area contributed by atoms with Crippen LogP contribution in [0, 0.1) is 11.8 Å². The Hall–Kier alpha value is -3.20. The number of hydrazine groups is 1. The molecule has 3 rings (SSSR count). The molecule has 142 valence electrons. The van der Waals surface area contributed by atoms with Gasteiger partial charge in [-0.1, -0.05) is 12.2 Å². The fourth-order valence-electron chi connectivity index (χ4n) is 3.46. The Labute approximate surface area is 154 Å². The van der Waals surface area contributed by atoms with E-state index in [9.17, 15) is 24.3 Å². The highest BCUT2D eigenvalue weighted by atomic mass is 16.5. The molecule has 0 saturated carbocycles. The van der Waals surface area contributed by atoms with Gasteiger partial charge >= 0.3 is 5.97 Å². The van der Waals surface area contributed by atoms with E-state index in [1.807, 2.05) is 0 Å². The molecule has 4 atom stereocenters. The quantitative estimate of drug-likeness (QED) is 0.447. The zero-order valence-electron chi connectivity index (χ0n) is 14.7. The molecule has 2 heterocycles. The summed E-state index contributed by atoms with van der Waals surface area (Å²) in [6.07, 6.45) is 2.64. The number of carbonyl (C=O) groups is 4. The van der Waals surface area contributed by atoms with E-state index in [2.05, 4.69) is 16.2 Å². The number of anilines is 1. The van der Waals surface area contributed by atoms with Crippen molar-refractivity contribution >= 4 is 29.4 Å². The van der Waals surface area contributed by atoms with Gasteiger partial charge in [0.1, 0.15) is 5.92 Å². The van der Waals surface area contributed by atoms with E-state index in [0.717, 1.165) is 0 Å². The Bertz CT molecular complexity index is 834. The monoisotopic (exact) mass is 373 g/mol. The third-order valence-electron chi connectivity index (χ3n) is 4.67. The second kappa shape index (κ2) is 6.84. The number of benzene rings is 1. The lowest BCUT2D eigenvalue weighted by Crippen LogP contribution is -2.52. The van der Waals surface area contributed by atoms with Gasteiger partial charge in [-0.25, -0.2) is 0 Å². The van der Waals surface area contributed by atoms with Crippen molar-refractivity contribution in [3.8, 4) is 0 Å². The van der Waals surface area contributed by atoms with Crippen molar-refractivity contribution in [3.63, 3.8) is 0 Å². The molecule has 4 N–H and O–H groups in total. The number of hydrogen-bond donors (Lipinski definition) is 4. The number of fused-ring (bicyclic) bond motifs is 2. The molecule has 1 fully saturated rings. The molecular formula is C18H19N3O6. The minimum absolute atomic E-state index is 0.233. The molecule has 1 saturated heterocycles. The van der Waals surface area contributed by atoms with Crippen molar-refractivity contribution < 1.29 is 29.0 Å². The van der Waals surface area contributed by atoms with Crippen LogP contribution in [0.3, 0.4) is 0 Å². The highest BCUT2D eigenvalue weighted by molar-refractivity contribution is 5.97. The molecule has 0 aromatic heterocycles. The lowest BCUT2D eigenvalue weighted by Gasteiger charge is -2.27. The second-order valence-corrected chi connectivity index (χ2v) is 6.67. The standard InChI is InChI=1S/C18H19N3O6/c1-9(22)19-11-5-3-10(4-6-11)15(23)20-21-16(24)14-13(17(25)26)12-7-8-18(14,2)27-12/h3-8,12-14H,1-2H3,(H,19,22)(H,20,23)(H,21,24)(H,25,26)/t12-,13-,14-,18-/m1/s1. The fraction of sp³-hybridized carbons (Fsp3) is 0.333. The van der Waals surface area contributed by atoms with Crippen LogP contribution in [0.2, 0.25) is 0 Å². The maximum Gasteiger partial charge on any atom is 0.310 e. The van der Waals surface area contributed by atoms with E-state index >= 15 is 0 Å². The minimum Gasteiger partial charge on any atom is -0.481 e. The molecule has 9 nitrogen and oxygen atoms in total. The Morgan fingerprint density at radius 1 is 1.11 bits per heavy atom. The molecule has 2 aliphatic rings. The van der Waals surface area contributed by atoms with Crippen LogP contribution >= 0.6 is 0 Å². The average molecular weight is 373 g/mol. The van der Waals surface area contributed by atoms with Gasteiger partial charge in [0.05, 0.1) is 17.6 Å². The van der Waals surface area contributed by atoms with E-state index in [1.54, 1.807) is 31.2 Å². The number of rotatable bonds is 4. The van der Waals surface area contributed by atoms with Crippen molar-refractivity contribution in [2.75, 3.05) is 5.32 Å². The van der Waals surface area contributed by atoms with E-state index in [0.29, 0.717) is 5.69 Å². The summed E-state index contributed by atoms with van der Waals surface area (Å²) in [6, 6.07) is 6.07. The van der Waals surface area contributed by atoms with Gasteiger partial charge in [-0.2, -0.15) is 0 Å². The number of carboxylic acids is 1. The van der Waals surface area contributed by atoms with Crippen LogP contribution in [0.15, 0.2) is 36.4 Å². The summed E-state index contributed by atoms with van der Waals surface area (Å²) < 4.78 is 5.60. The van der Waals surface area contributed by atoms with Crippen LogP contribution in [0.5, 0.6) is 0 Å². The first kappa shape index (κ1) is 18.6. The van der Waals surface area contributed by atoms with Crippen LogP contribution in [-0.2, 0) is 19.1 Å². The third-order valence-corrected chi connectivity index (χ3v) is 4.67. The van der Waals surface area contributed by atoms with Crippen molar-refractivity contribution in [2.45, 2.75) is 25.6 Å². The van der Waals surface area contributed by atoms with E-state index in [1.165, 1.54) is 19.1 Å². The third kappa shape index (κ3) is 3.54. The first-order valence-corrected chi connectivity index (χ1v) is 8.29. The smallest absolute Gasteiger partial charge is 0.310 e. The van der Waals surface area contributed by atoms with Crippen molar-refractivity contribution in [3.05, 3.63) is 42.0 Å². The zero-order valence-corrected chi connectivity index (χ0v) is 14.7. The Morgan fingerprint density at radius 2 is 1.78 bits per heavy atom. The van der Waals surface area contributed by atoms with Crippen molar-refractivity contribution in [1.82, 2.24) is 10.9 Å². The first-order valence-electron chi connectivity index (χ1n) is 8.29. The SMILES string of the molecule is CC(=O)Nc1ccc(C(=O)NNC(=O)[C@H]2[C@H](C(=O)O)[C@H]3C=C[C@@]2(C)O3)cc1. The molecule has 0 unspecified atom stereocenters. The predicted octanol–water partition coefficient (Wildman–Crippen LogP) is 0.450. The molecular weight excluding hydrogens is 354 g/mol. The van der Waals surface area contributed by atoms with Gasteiger partial charge in [-0.05, 0) is 31.2 Å². The summed E-state index contributed by atoms with van der Waals surface area (Å²) >= 11 is 0. The Morgan fingerprint density at radius 3 is 2.37 bits per heavy atom. The molecule has 1 aromatic carbocycles. The maximum absolute atomic E-state index is 12.5. The van der Waals surface area contributed by atoms with E-state index in [-0.39, 0.29) is 11.5 Å². The summed E-state index contributed by atoms with van der Waals surface area (Å²) in [5.41, 5.74) is 4.32. The molecule has 27 heavy (non-hydrogen) atoms. The van der Waals surface area contributed by atoms with Gasteiger partial charge in [0.2, 0.25) is 11.8 Å². The Kier molecular flexibility index (Phi) is 4.71. The first-order chi connectivity index (χ1) is 12.7. The lowest BCUT2D eigenvalue weighted by molar-refractivity contribution is -0.147. The van der Waals surface area contributed by atoms with Crippen LogP contribution in [0.25, 0.3) is 0 Å². The molecule has 1 aromatic rings. The molecule has 2 aliphatic heterocycles. The Balaban J connectivity index is 1.63. The number of amides is 3.